The van der Waals surface area contributed by atoms with Crippen LogP contribution in [0.15, 0.2) is 22.7 Å². The monoisotopic (exact) mass is 357 g/mol. The number of methoxy groups -OCH3 is 1. The molecule has 0 radical (unpaired) electrons. The SMILES string of the molecule is CCNc1nc(Nc2ccc(Br)cc2Cl)nc(OC)n1. The molecule has 0 aliphatic rings. The molecule has 0 saturated heterocycles. The van der Waals surface area contributed by atoms with Crippen LogP contribution in [0.2, 0.25) is 5.02 Å². The Labute approximate surface area is 130 Å². The van der Waals surface area contributed by atoms with E-state index in [1.54, 1.807) is 6.07 Å². The van der Waals surface area contributed by atoms with Crippen molar-refractivity contribution in [3.63, 3.8) is 0 Å². The number of nitrogens with one attached hydrogen (secondary N) is 2. The van der Waals surface area contributed by atoms with Gasteiger partial charge in [-0.15, -0.1) is 0 Å². The lowest BCUT2D eigenvalue weighted by Crippen LogP contribution is -2.08. The van der Waals surface area contributed by atoms with Gasteiger partial charge in [0.25, 0.3) is 0 Å². The van der Waals surface area contributed by atoms with E-state index in [1.165, 1.54) is 7.11 Å². The van der Waals surface area contributed by atoms with E-state index in [9.17, 15) is 0 Å². The lowest BCUT2D eigenvalue weighted by Gasteiger charge is -2.09. The van der Waals surface area contributed by atoms with Crippen LogP contribution in [-0.2, 0) is 0 Å². The van der Waals surface area contributed by atoms with Gasteiger partial charge in [-0.3, -0.25) is 0 Å². The molecule has 6 nitrogen and oxygen atoms in total. The zero-order valence-electron chi connectivity index (χ0n) is 10.9. The molecule has 106 valence electrons. The van der Waals surface area contributed by atoms with E-state index in [1.807, 2.05) is 19.1 Å². The third-order valence-corrected chi connectivity index (χ3v) is 3.12. The summed E-state index contributed by atoms with van der Waals surface area (Å²) in [5.74, 6) is 0.798. The summed E-state index contributed by atoms with van der Waals surface area (Å²) in [5.41, 5.74) is 0.700. The van der Waals surface area contributed by atoms with Crippen LogP contribution in [0.25, 0.3) is 0 Å². The molecule has 1 aromatic carbocycles. The summed E-state index contributed by atoms with van der Waals surface area (Å²) in [7, 11) is 1.50. The number of hydrogen-bond acceptors (Lipinski definition) is 6. The summed E-state index contributed by atoms with van der Waals surface area (Å²) < 4.78 is 5.94. The van der Waals surface area contributed by atoms with Crippen molar-refractivity contribution in [1.29, 1.82) is 0 Å². The zero-order chi connectivity index (χ0) is 14.5. The van der Waals surface area contributed by atoms with Crippen molar-refractivity contribution in [2.75, 3.05) is 24.3 Å². The molecule has 0 spiro atoms. The Morgan fingerprint density at radius 2 is 2.00 bits per heavy atom. The van der Waals surface area contributed by atoms with E-state index < -0.39 is 0 Å². The van der Waals surface area contributed by atoms with Gasteiger partial charge in [0.2, 0.25) is 11.9 Å². The third-order valence-electron chi connectivity index (χ3n) is 2.31. The van der Waals surface area contributed by atoms with Crippen molar-refractivity contribution in [3.8, 4) is 6.01 Å². The van der Waals surface area contributed by atoms with Gasteiger partial charge in [-0.1, -0.05) is 27.5 Å². The van der Waals surface area contributed by atoms with Crippen LogP contribution in [-0.4, -0.2) is 28.6 Å². The van der Waals surface area contributed by atoms with Crippen molar-refractivity contribution < 1.29 is 4.74 Å². The van der Waals surface area contributed by atoms with Gasteiger partial charge in [0.15, 0.2) is 0 Å². The molecular formula is C12H13BrClN5O. The quantitative estimate of drug-likeness (QED) is 0.852. The maximum Gasteiger partial charge on any atom is 0.322 e. The first-order valence-corrected chi connectivity index (χ1v) is 7.05. The highest BCUT2D eigenvalue weighted by Gasteiger charge is 2.08. The Kier molecular flexibility index (Phi) is 4.97. The first kappa shape index (κ1) is 14.8. The maximum atomic E-state index is 6.14. The smallest absolute Gasteiger partial charge is 0.322 e. The number of anilines is 3. The van der Waals surface area contributed by atoms with Crippen LogP contribution in [0, 0.1) is 0 Å². The Morgan fingerprint density at radius 3 is 2.65 bits per heavy atom. The molecule has 0 atom stereocenters. The fraction of sp³-hybridized carbons (Fsp3) is 0.250. The van der Waals surface area contributed by atoms with E-state index in [0.29, 0.717) is 29.2 Å². The largest absolute Gasteiger partial charge is 0.467 e. The van der Waals surface area contributed by atoms with Crippen LogP contribution < -0.4 is 15.4 Å². The predicted octanol–water partition coefficient (Wildman–Crippen LogP) is 3.47. The molecule has 0 unspecified atom stereocenters. The maximum absolute atomic E-state index is 6.14. The molecule has 2 rings (SSSR count). The number of hydrogen-bond donors (Lipinski definition) is 2. The summed E-state index contributed by atoms with van der Waals surface area (Å²) in [6, 6.07) is 5.72. The molecule has 1 heterocycles. The van der Waals surface area contributed by atoms with E-state index in [0.717, 1.165) is 4.47 Å². The Hall–Kier alpha value is -1.60. The van der Waals surface area contributed by atoms with E-state index in [2.05, 4.69) is 41.5 Å². The van der Waals surface area contributed by atoms with Gasteiger partial charge in [0.05, 0.1) is 17.8 Å². The number of ether oxygens (including phenoxy) is 1. The van der Waals surface area contributed by atoms with E-state index in [4.69, 9.17) is 16.3 Å². The van der Waals surface area contributed by atoms with Crippen LogP contribution in [0.3, 0.4) is 0 Å². The average Bonchev–Trinajstić information content (AvgIpc) is 2.42. The van der Waals surface area contributed by atoms with Gasteiger partial charge < -0.3 is 15.4 Å². The Morgan fingerprint density at radius 1 is 1.25 bits per heavy atom. The van der Waals surface area contributed by atoms with Crippen molar-refractivity contribution in [2.24, 2.45) is 0 Å². The Balaban J connectivity index is 2.29. The summed E-state index contributed by atoms with van der Waals surface area (Å²) in [6.45, 7) is 2.65. The van der Waals surface area contributed by atoms with Gasteiger partial charge in [-0.25, -0.2) is 0 Å². The molecule has 20 heavy (non-hydrogen) atoms. The standard InChI is InChI=1S/C12H13BrClN5O/c1-3-15-10-17-11(19-12(18-10)20-2)16-9-5-4-7(13)6-8(9)14/h4-6H,3H2,1-2H3,(H2,15,16,17,18,19). The second kappa shape index (κ2) is 6.71. The minimum atomic E-state index is 0.228. The number of nitrogens with zero attached hydrogens (tertiary/aromatic N) is 3. The lowest BCUT2D eigenvalue weighted by atomic mass is 10.3. The molecule has 0 saturated carbocycles. The Bertz CT molecular complexity index is 610. The second-order valence-electron chi connectivity index (χ2n) is 3.75. The average molecular weight is 359 g/mol. The topological polar surface area (TPSA) is 72.0 Å². The first-order chi connectivity index (χ1) is 9.62. The van der Waals surface area contributed by atoms with Crippen LogP contribution >= 0.6 is 27.5 Å². The lowest BCUT2D eigenvalue weighted by molar-refractivity contribution is 0.379. The van der Waals surface area contributed by atoms with Crippen LogP contribution in [0.5, 0.6) is 6.01 Å². The highest BCUT2D eigenvalue weighted by molar-refractivity contribution is 9.10. The van der Waals surface area contributed by atoms with Crippen molar-refractivity contribution >= 4 is 45.1 Å². The minimum Gasteiger partial charge on any atom is -0.467 e. The molecule has 0 aliphatic carbocycles. The van der Waals surface area contributed by atoms with E-state index in [-0.39, 0.29) is 6.01 Å². The normalized spacial score (nSPS) is 10.2. The number of halogens is 2. The first-order valence-electron chi connectivity index (χ1n) is 5.88. The molecule has 2 N–H and O–H groups in total. The zero-order valence-corrected chi connectivity index (χ0v) is 13.3. The molecule has 0 bridgehead atoms. The van der Waals surface area contributed by atoms with Gasteiger partial charge in [-0.2, -0.15) is 15.0 Å². The van der Waals surface area contributed by atoms with Gasteiger partial charge in [-0.05, 0) is 25.1 Å². The third kappa shape index (κ3) is 3.71. The van der Waals surface area contributed by atoms with Crippen molar-refractivity contribution in [3.05, 3.63) is 27.7 Å². The van der Waals surface area contributed by atoms with Crippen molar-refractivity contribution in [2.45, 2.75) is 6.92 Å². The number of benzene rings is 1. The van der Waals surface area contributed by atoms with Gasteiger partial charge >= 0.3 is 6.01 Å². The fourth-order valence-electron chi connectivity index (χ4n) is 1.45. The van der Waals surface area contributed by atoms with Gasteiger partial charge in [0, 0.05) is 11.0 Å². The predicted molar refractivity (Wildman–Crippen MR) is 83.0 cm³/mol. The highest BCUT2D eigenvalue weighted by atomic mass is 79.9. The molecule has 2 aromatic rings. The summed E-state index contributed by atoms with van der Waals surface area (Å²) in [6.07, 6.45) is 0. The van der Waals surface area contributed by atoms with Crippen molar-refractivity contribution in [1.82, 2.24) is 15.0 Å². The summed E-state index contributed by atoms with van der Waals surface area (Å²) in [4.78, 5) is 12.4. The molecule has 1 aromatic heterocycles. The molecule has 0 aliphatic heterocycles. The molecular weight excluding hydrogens is 346 g/mol. The summed E-state index contributed by atoms with van der Waals surface area (Å²) in [5, 5.41) is 6.61. The molecule has 0 fully saturated rings. The van der Waals surface area contributed by atoms with Crippen LogP contribution in [0.4, 0.5) is 17.6 Å². The highest BCUT2D eigenvalue weighted by Crippen LogP contribution is 2.27. The van der Waals surface area contributed by atoms with Crippen LogP contribution in [0.1, 0.15) is 6.92 Å². The second-order valence-corrected chi connectivity index (χ2v) is 5.07. The molecule has 8 heteroatoms. The molecule has 0 amide bonds. The van der Waals surface area contributed by atoms with E-state index >= 15 is 0 Å². The number of rotatable bonds is 5. The summed E-state index contributed by atoms with van der Waals surface area (Å²) >= 11 is 9.50. The fourth-order valence-corrected chi connectivity index (χ4v) is 2.17. The number of aromatic nitrogens is 3. The minimum absolute atomic E-state index is 0.228. The van der Waals surface area contributed by atoms with Gasteiger partial charge in [0.1, 0.15) is 0 Å².